The van der Waals surface area contributed by atoms with Crippen LogP contribution in [0, 0.1) is 0 Å². The second kappa shape index (κ2) is 6.63. The summed E-state index contributed by atoms with van der Waals surface area (Å²) in [6.07, 6.45) is 3.97. The number of benzene rings is 2. The van der Waals surface area contributed by atoms with Gasteiger partial charge in [0, 0.05) is 16.9 Å². The number of rotatable bonds is 5. The van der Waals surface area contributed by atoms with Crippen molar-refractivity contribution in [3.63, 3.8) is 0 Å². The van der Waals surface area contributed by atoms with E-state index >= 15 is 0 Å². The maximum atomic E-state index is 6.29. The summed E-state index contributed by atoms with van der Waals surface area (Å²) < 4.78 is 6.69. The molecule has 2 N–H and O–H groups in total. The smallest absolute Gasteiger partial charge is 0.122 e. The highest BCUT2D eigenvalue weighted by Gasteiger charge is 2.13. The Hall–Kier alpha value is -1.32. The van der Waals surface area contributed by atoms with Crippen molar-refractivity contribution in [2.24, 2.45) is 5.73 Å². The molecule has 3 rings (SSSR count). The Kier molecular flexibility index (Phi) is 4.61. The lowest BCUT2D eigenvalue weighted by atomic mass is 9.98. The lowest BCUT2D eigenvalue weighted by molar-refractivity contribution is 0.357. The Morgan fingerprint density at radius 3 is 2.90 bits per heavy atom. The molecule has 0 aliphatic carbocycles. The van der Waals surface area contributed by atoms with Gasteiger partial charge in [0.1, 0.15) is 5.75 Å². The molecule has 1 heterocycles. The predicted octanol–water partition coefficient (Wildman–Crippen LogP) is 3.89. The number of halogens is 1. The zero-order valence-corrected chi connectivity index (χ0v) is 13.6. The fourth-order valence-corrected chi connectivity index (χ4v) is 3.24. The Labute approximate surface area is 134 Å². The first-order valence-corrected chi connectivity index (χ1v) is 8.25. The molecule has 3 heteroatoms. The Morgan fingerprint density at radius 1 is 1.19 bits per heavy atom. The zero-order valence-electron chi connectivity index (χ0n) is 12.0. The van der Waals surface area contributed by atoms with E-state index in [2.05, 4.69) is 52.3 Å². The van der Waals surface area contributed by atoms with E-state index in [0.717, 1.165) is 42.5 Å². The molecule has 0 saturated carbocycles. The number of hydrogen-bond acceptors (Lipinski definition) is 2. The molecule has 0 radical (unpaired) electrons. The van der Waals surface area contributed by atoms with Crippen LogP contribution in [0.3, 0.4) is 0 Å². The molecule has 0 spiro atoms. The summed E-state index contributed by atoms with van der Waals surface area (Å²) in [5.41, 5.74) is 10.3. The fraction of sp³-hybridized carbons (Fsp3) is 0.333. The molecule has 1 unspecified atom stereocenters. The molecule has 2 aromatic rings. The summed E-state index contributed by atoms with van der Waals surface area (Å²) >= 11 is 3.59. The molecule has 1 aliphatic rings. The lowest BCUT2D eigenvalue weighted by Crippen LogP contribution is -2.23. The van der Waals surface area contributed by atoms with E-state index in [-0.39, 0.29) is 6.04 Å². The number of aryl methyl sites for hydroxylation is 1. The fourth-order valence-electron chi connectivity index (χ4n) is 2.80. The number of hydrogen-bond donors (Lipinski definition) is 1. The van der Waals surface area contributed by atoms with E-state index in [9.17, 15) is 0 Å². The minimum Gasteiger partial charge on any atom is -0.493 e. The summed E-state index contributed by atoms with van der Waals surface area (Å²) in [5, 5.41) is 0. The van der Waals surface area contributed by atoms with Crippen molar-refractivity contribution in [3.8, 4) is 5.75 Å². The third-order valence-electron chi connectivity index (χ3n) is 4.00. The molecule has 2 nitrogen and oxygen atoms in total. The zero-order chi connectivity index (χ0) is 14.7. The molecule has 21 heavy (non-hydrogen) atoms. The van der Waals surface area contributed by atoms with Gasteiger partial charge < -0.3 is 10.5 Å². The van der Waals surface area contributed by atoms with Crippen molar-refractivity contribution in [1.82, 2.24) is 0 Å². The molecule has 2 aromatic carbocycles. The highest BCUT2D eigenvalue weighted by Crippen LogP contribution is 2.26. The first-order chi connectivity index (χ1) is 10.2. The molecule has 0 fully saturated rings. The standard InChI is InChI=1S/C18H20BrNO/c19-17-4-2-1-3-14(17)12-16(20)7-5-13-6-8-18-15(11-13)9-10-21-18/h1-4,6,8,11,16H,5,7,9-10,12,20H2. The summed E-state index contributed by atoms with van der Waals surface area (Å²) in [4.78, 5) is 0. The van der Waals surface area contributed by atoms with E-state index in [4.69, 9.17) is 10.5 Å². The van der Waals surface area contributed by atoms with Gasteiger partial charge >= 0.3 is 0 Å². The number of ether oxygens (including phenoxy) is 1. The third kappa shape index (κ3) is 3.66. The van der Waals surface area contributed by atoms with Gasteiger partial charge in [-0.1, -0.05) is 46.3 Å². The average Bonchev–Trinajstić information content (AvgIpc) is 2.95. The van der Waals surface area contributed by atoms with Crippen molar-refractivity contribution >= 4 is 15.9 Å². The molecule has 0 bridgehead atoms. The van der Waals surface area contributed by atoms with Crippen molar-refractivity contribution in [1.29, 1.82) is 0 Å². The molecule has 110 valence electrons. The van der Waals surface area contributed by atoms with E-state index < -0.39 is 0 Å². The lowest BCUT2D eigenvalue weighted by Gasteiger charge is -2.13. The normalized spacial score (nSPS) is 14.6. The minimum absolute atomic E-state index is 0.188. The van der Waals surface area contributed by atoms with Gasteiger partial charge in [0.2, 0.25) is 0 Å². The van der Waals surface area contributed by atoms with Gasteiger partial charge in [0.05, 0.1) is 6.61 Å². The van der Waals surface area contributed by atoms with Crippen LogP contribution in [0.5, 0.6) is 5.75 Å². The Morgan fingerprint density at radius 2 is 2.05 bits per heavy atom. The highest BCUT2D eigenvalue weighted by atomic mass is 79.9. The monoisotopic (exact) mass is 345 g/mol. The summed E-state index contributed by atoms with van der Waals surface area (Å²) in [6.45, 7) is 0.820. The molecule has 1 aliphatic heterocycles. The highest BCUT2D eigenvalue weighted by molar-refractivity contribution is 9.10. The molecule has 0 saturated heterocycles. The molecular formula is C18H20BrNO. The molecular weight excluding hydrogens is 326 g/mol. The molecule has 1 atom stereocenters. The average molecular weight is 346 g/mol. The second-order valence-electron chi connectivity index (χ2n) is 5.63. The van der Waals surface area contributed by atoms with Crippen molar-refractivity contribution < 1.29 is 4.74 Å². The van der Waals surface area contributed by atoms with E-state index in [1.165, 1.54) is 16.7 Å². The van der Waals surface area contributed by atoms with Crippen molar-refractivity contribution in [2.45, 2.75) is 31.7 Å². The number of nitrogens with two attached hydrogens (primary N) is 1. The van der Waals surface area contributed by atoms with Crippen LogP contribution in [0.4, 0.5) is 0 Å². The quantitative estimate of drug-likeness (QED) is 0.892. The van der Waals surface area contributed by atoms with Crippen molar-refractivity contribution in [3.05, 3.63) is 63.6 Å². The van der Waals surface area contributed by atoms with Crippen LogP contribution in [0.1, 0.15) is 23.1 Å². The molecule has 0 aromatic heterocycles. The summed E-state index contributed by atoms with van der Waals surface area (Å²) in [5.74, 6) is 1.05. The Balaban J connectivity index is 1.56. The Bertz CT molecular complexity index is 626. The van der Waals surface area contributed by atoms with E-state index in [1.54, 1.807) is 0 Å². The van der Waals surface area contributed by atoms with Crippen molar-refractivity contribution in [2.75, 3.05) is 6.61 Å². The topological polar surface area (TPSA) is 35.2 Å². The van der Waals surface area contributed by atoms with Gasteiger partial charge in [-0.2, -0.15) is 0 Å². The van der Waals surface area contributed by atoms with Crippen LogP contribution < -0.4 is 10.5 Å². The van der Waals surface area contributed by atoms with Crippen LogP contribution in [0.2, 0.25) is 0 Å². The van der Waals surface area contributed by atoms with Gasteiger partial charge in [-0.25, -0.2) is 0 Å². The van der Waals surface area contributed by atoms with Crippen LogP contribution in [-0.4, -0.2) is 12.6 Å². The van der Waals surface area contributed by atoms with E-state index in [0.29, 0.717) is 0 Å². The number of fused-ring (bicyclic) bond motifs is 1. The van der Waals surface area contributed by atoms with Gasteiger partial charge in [-0.05, 0) is 48.1 Å². The third-order valence-corrected chi connectivity index (χ3v) is 4.77. The second-order valence-corrected chi connectivity index (χ2v) is 6.49. The summed E-state index contributed by atoms with van der Waals surface area (Å²) in [7, 11) is 0. The van der Waals surface area contributed by atoms with Gasteiger partial charge in [0.15, 0.2) is 0 Å². The first-order valence-electron chi connectivity index (χ1n) is 7.46. The maximum absolute atomic E-state index is 6.29. The first kappa shape index (κ1) is 14.6. The van der Waals surface area contributed by atoms with E-state index in [1.807, 2.05) is 6.07 Å². The van der Waals surface area contributed by atoms with Crippen LogP contribution in [-0.2, 0) is 19.3 Å². The van der Waals surface area contributed by atoms with Crippen LogP contribution >= 0.6 is 15.9 Å². The minimum atomic E-state index is 0.188. The van der Waals surface area contributed by atoms with Crippen LogP contribution in [0.15, 0.2) is 46.9 Å². The predicted molar refractivity (Wildman–Crippen MR) is 89.8 cm³/mol. The molecule has 0 amide bonds. The van der Waals surface area contributed by atoms with Crippen LogP contribution in [0.25, 0.3) is 0 Å². The van der Waals surface area contributed by atoms with Gasteiger partial charge in [-0.15, -0.1) is 0 Å². The largest absolute Gasteiger partial charge is 0.493 e. The maximum Gasteiger partial charge on any atom is 0.122 e. The summed E-state index contributed by atoms with van der Waals surface area (Å²) in [6, 6.07) is 15.0. The van der Waals surface area contributed by atoms with Gasteiger partial charge in [0.25, 0.3) is 0 Å². The SMILES string of the molecule is NC(CCc1ccc2c(c1)CCO2)Cc1ccccc1Br. The van der Waals surface area contributed by atoms with Gasteiger partial charge in [-0.3, -0.25) is 0 Å².